The van der Waals surface area contributed by atoms with Crippen LogP contribution in [0.3, 0.4) is 0 Å². The quantitative estimate of drug-likeness (QED) is 0.370. The van der Waals surface area contributed by atoms with Gasteiger partial charge in [-0.05, 0) is 23.1 Å². The molecular weight excluding hydrogens is 370 g/mol. The standard InChI is InChI=1S/C27H31NO2/c1-2-3-19-26(27(29)30-22-25-17-11-6-12-18-25)28(20-23-13-7-4-8-14-23)21-24-15-9-5-10-16-24/h4-18,26H,2-3,19-22H2,1H3/t26-/m0/s1. The molecule has 3 aromatic rings. The van der Waals surface area contributed by atoms with Gasteiger partial charge in [0.1, 0.15) is 12.6 Å². The highest BCUT2D eigenvalue weighted by atomic mass is 16.5. The van der Waals surface area contributed by atoms with Crippen LogP contribution in [-0.2, 0) is 29.2 Å². The van der Waals surface area contributed by atoms with E-state index in [1.165, 1.54) is 11.1 Å². The van der Waals surface area contributed by atoms with Gasteiger partial charge in [0.25, 0.3) is 0 Å². The molecule has 3 rings (SSSR count). The van der Waals surface area contributed by atoms with E-state index in [0.717, 1.165) is 24.8 Å². The maximum atomic E-state index is 13.2. The topological polar surface area (TPSA) is 29.5 Å². The lowest BCUT2D eigenvalue weighted by Crippen LogP contribution is -2.41. The van der Waals surface area contributed by atoms with Crippen LogP contribution >= 0.6 is 0 Å². The number of esters is 1. The van der Waals surface area contributed by atoms with Gasteiger partial charge in [0.15, 0.2) is 0 Å². The van der Waals surface area contributed by atoms with Crippen molar-refractivity contribution in [2.24, 2.45) is 0 Å². The molecule has 0 spiro atoms. The number of ether oxygens (including phenoxy) is 1. The van der Waals surface area contributed by atoms with Crippen molar-refractivity contribution >= 4 is 5.97 Å². The minimum Gasteiger partial charge on any atom is -0.460 e. The summed E-state index contributed by atoms with van der Waals surface area (Å²) in [5.74, 6) is -0.140. The van der Waals surface area contributed by atoms with E-state index in [-0.39, 0.29) is 12.0 Å². The summed E-state index contributed by atoms with van der Waals surface area (Å²) in [7, 11) is 0. The molecule has 0 N–H and O–H groups in total. The Balaban J connectivity index is 1.78. The molecule has 156 valence electrons. The molecule has 0 aliphatic rings. The first-order valence-electron chi connectivity index (χ1n) is 10.8. The lowest BCUT2D eigenvalue weighted by atomic mass is 10.1. The lowest BCUT2D eigenvalue weighted by Gasteiger charge is -2.30. The number of hydrogen-bond donors (Lipinski definition) is 0. The van der Waals surface area contributed by atoms with Gasteiger partial charge in [-0.25, -0.2) is 0 Å². The van der Waals surface area contributed by atoms with Crippen LogP contribution in [0.1, 0.15) is 42.9 Å². The zero-order valence-corrected chi connectivity index (χ0v) is 17.7. The summed E-state index contributed by atoms with van der Waals surface area (Å²) in [4.78, 5) is 15.4. The molecule has 3 aromatic carbocycles. The highest BCUT2D eigenvalue weighted by molar-refractivity contribution is 5.75. The molecule has 1 atom stereocenters. The highest BCUT2D eigenvalue weighted by Gasteiger charge is 2.27. The second-order valence-corrected chi connectivity index (χ2v) is 7.63. The van der Waals surface area contributed by atoms with Crippen LogP contribution in [0.25, 0.3) is 0 Å². The number of carbonyl (C=O) groups is 1. The van der Waals surface area contributed by atoms with E-state index >= 15 is 0 Å². The third kappa shape index (κ3) is 6.85. The summed E-state index contributed by atoms with van der Waals surface area (Å²) in [6.45, 7) is 3.90. The van der Waals surface area contributed by atoms with E-state index in [2.05, 4.69) is 36.1 Å². The van der Waals surface area contributed by atoms with Crippen molar-refractivity contribution in [3.63, 3.8) is 0 Å². The minimum absolute atomic E-state index is 0.140. The smallest absolute Gasteiger partial charge is 0.323 e. The van der Waals surface area contributed by atoms with Crippen LogP contribution in [0.5, 0.6) is 0 Å². The predicted octanol–water partition coefficient (Wildman–Crippen LogP) is 5.99. The van der Waals surface area contributed by atoms with Crippen molar-refractivity contribution in [1.82, 2.24) is 4.90 Å². The number of nitrogens with zero attached hydrogens (tertiary/aromatic N) is 1. The van der Waals surface area contributed by atoms with Gasteiger partial charge in [-0.15, -0.1) is 0 Å². The van der Waals surface area contributed by atoms with E-state index in [1.807, 2.05) is 66.7 Å². The van der Waals surface area contributed by atoms with E-state index in [1.54, 1.807) is 0 Å². The Morgan fingerprint density at radius 3 is 1.70 bits per heavy atom. The molecule has 0 amide bonds. The van der Waals surface area contributed by atoms with Gasteiger partial charge in [0.2, 0.25) is 0 Å². The Hall–Kier alpha value is -2.91. The number of carbonyl (C=O) groups excluding carboxylic acids is 1. The zero-order chi connectivity index (χ0) is 21.0. The van der Waals surface area contributed by atoms with Gasteiger partial charge in [-0.2, -0.15) is 0 Å². The molecule has 0 saturated heterocycles. The Morgan fingerprint density at radius 1 is 0.767 bits per heavy atom. The van der Waals surface area contributed by atoms with Gasteiger partial charge in [0.05, 0.1) is 0 Å². The highest BCUT2D eigenvalue weighted by Crippen LogP contribution is 2.19. The van der Waals surface area contributed by atoms with Gasteiger partial charge in [0, 0.05) is 13.1 Å². The Labute approximate surface area is 180 Å². The van der Waals surface area contributed by atoms with Crippen LogP contribution in [0.2, 0.25) is 0 Å². The SMILES string of the molecule is CCCC[C@@H](C(=O)OCc1ccccc1)N(Cc1ccccc1)Cc1ccccc1. The van der Waals surface area contributed by atoms with Crippen molar-refractivity contribution in [2.45, 2.75) is 51.9 Å². The van der Waals surface area contributed by atoms with Crippen molar-refractivity contribution in [3.8, 4) is 0 Å². The molecule has 0 heterocycles. The fourth-order valence-electron chi connectivity index (χ4n) is 3.58. The van der Waals surface area contributed by atoms with Crippen molar-refractivity contribution in [3.05, 3.63) is 108 Å². The summed E-state index contributed by atoms with van der Waals surface area (Å²) in [6, 6.07) is 30.3. The van der Waals surface area contributed by atoms with Crippen LogP contribution < -0.4 is 0 Å². The van der Waals surface area contributed by atoms with Crippen molar-refractivity contribution in [2.75, 3.05) is 0 Å². The van der Waals surface area contributed by atoms with Crippen LogP contribution in [0.4, 0.5) is 0 Å². The summed E-state index contributed by atoms with van der Waals surface area (Å²) >= 11 is 0. The molecule has 0 saturated carbocycles. The molecule has 0 aliphatic heterocycles. The average molecular weight is 402 g/mol. The van der Waals surface area contributed by atoms with E-state index < -0.39 is 0 Å². The number of rotatable bonds is 11. The normalized spacial score (nSPS) is 11.9. The molecule has 0 aliphatic carbocycles. The Morgan fingerprint density at radius 2 is 1.23 bits per heavy atom. The van der Waals surface area contributed by atoms with Gasteiger partial charge >= 0.3 is 5.97 Å². The maximum absolute atomic E-state index is 13.2. The molecule has 0 fully saturated rings. The molecule has 3 nitrogen and oxygen atoms in total. The largest absolute Gasteiger partial charge is 0.460 e. The third-order valence-corrected chi connectivity index (χ3v) is 5.22. The average Bonchev–Trinajstić information content (AvgIpc) is 2.80. The van der Waals surface area contributed by atoms with E-state index in [9.17, 15) is 4.79 Å². The zero-order valence-electron chi connectivity index (χ0n) is 17.7. The van der Waals surface area contributed by atoms with Gasteiger partial charge < -0.3 is 4.74 Å². The first kappa shape index (κ1) is 21.8. The first-order valence-corrected chi connectivity index (χ1v) is 10.8. The first-order chi connectivity index (χ1) is 14.8. The van der Waals surface area contributed by atoms with E-state index in [0.29, 0.717) is 19.7 Å². The fraction of sp³-hybridized carbons (Fsp3) is 0.296. The monoisotopic (exact) mass is 401 g/mol. The second-order valence-electron chi connectivity index (χ2n) is 7.63. The third-order valence-electron chi connectivity index (χ3n) is 5.22. The second kappa shape index (κ2) is 11.9. The van der Waals surface area contributed by atoms with Crippen molar-refractivity contribution in [1.29, 1.82) is 0 Å². The summed E-state index contributed by atoms with van der Waals surface area (Å²) < 4.78 is 5.76. The van der Waals surface area contributed by atoms with Gasteiger partial charge in [-0.3, -0.25) is 9.69 Å². The van der Waals surface area contributed by atoms with Gasteiger partial charge in [-0.1, -0.05) is 111 Å². The van der Waals surface area contributed by atoms with Crippen LogP contribution in [-0.4, -0.2) is 16.9 Å². The number of hydrogen-bond acceptors (Lipinski definition) is 3. The number of unbranched alkanes of at least 4 members (excludes halogenated alkanes) is 1. The molecular formula is C27H31NO2. The lowest BCUT2D eigenvalue weighted by molar-refractivity contribution is -0.152. The molecule has 3 heteroatoms. The molecule has 0 bridgehead atoms. The van der Waals surface area contributed by atoms with E-state index in [4.69, 9.17) is 4.74 Å². The Bertz CT molecular complexity index is 824. The van der Waals surface area contributed by atoms with Crippen LogP contribution in [0.15, 0.2) is 91.0 Å². The number of benzene rings is 3. The fourth-order valence-corrected chi connectivity index (χ4v) is 3.58. The van der Waals surface area contributed by atoms with Crippen LogP contribution in [0, 0.1) is 0 Å². The molecule has 0 unspecified atom stereocenters. The minimum atomic E-state index is -0.269. The molecule has 0 radical (unpaired) electrons. The predicted molar refractivity (Wildman–Crippen MR) is 122 cm³/mol. The summed E-state index contributed by atoms with van der Waals surface area (Å²) in [5, 5.41) is 0. The molecule has 0 aromatic heterocycles. The van der Waals surface area contributed by atoms with Crippen molar-refractivity contribution < 1.29 is 9.53 Å². The summed E-state index contributed by atoms with van der Waals surface area (Å²) in [5.41, 5.74) is 3.41. The molecule has 30 heavy (non-hydrogen) atoms. The summed E-state index contributed by atoms with van der Waals surface area (Å²) in [6.07, 6.45) is 2.84. The Kier molecular flexibility index (Phi) is 8.67. The maximum Gasteiger partial charge on any atom is 0.323 e.